The van der Waals surface area contributed by atoms with Crippen LogP contribution in [0.1, 0.15) is 52.7 Å². The van der Waals surface area contributed by atoms with Gasteiger partial charge in [-0.25, -0.2) is 4.98 Å². The summed E-state index contributed by atoms with van der Waals surface area (Å²) < 4.78 is 4.54. The Morgan fingerprint density at radius 1 is 0.574 bits per heavy atom. The van der Waals surface area contributed by atoms with Crippen molar-refractivity contribution in [2.75, 3.05) is 0 Å². The van der Waals surface area contributed by atoms with E-state index in [9.17, 15) is 0 Å². The van der Waals surface area contributed by atoms with E-state index in [1.165, 1.54) is 32.7 Å². The van der Waals surface area contributed by atoms with Crippen molar-refractivity contribution in [3.05, 3.63) is 132 Å². The van der Waals surface area contributed by atoms with E-state index in [1.807, 2.05) is 30.3 Å². The monoisotopic (exact) mass is 791 g/mol. The molecule has 0 aliphatic rings. The fourth-order valence-corrected chi connectivity index (χ4v) is 6.89. The average Bonchev–Trinajstić information content (AvgIpc) is 3.56. The first kappa shape index (κ1) is 31.1. The third-order valence-electron chi connectivity index (χ3n) is 8.99. The fourth-order valence-electron chi connectivity index (χ4n) is 6.89. The van der Waals surface area contributed by atoms with Crippen molar-refractivity contribution in [1.29, 1.82) is 0 Å². The van der Waals surface area contributed by atoms with E-state index < -0.39 is 0 Å². The van der Waals surface area contributed by atoms with Gasteiger partial charge < -0.3 is 4.57 Å². The maximum Gasteiger partial charge on any atom is 2.00 e. The summed E-state index contributed by atoms with van der Waals surface area (Å²) in [4.78, 5) is 11.0. The standard InChI is InChI=1S/C42H36N4.Pt/c1-41(2,3)28-25-32(27-17-9-7-10-18-27)43-35(26-28)46-34-24-16-14-22-31(34)37-38(42(4,5)6)36-30-21-13-15-23-33(30)45(39(36)44-40(37)46)29-19-11-8-12-20-29;/h7-17,19,21-26H,1-6H3;/q-2;+2. The van der Waals surface area contributed by atoms with Crippen molar-refractivity contribution in [2.45, 2.75) is 52.4 Å². The molecule has 0 saturated carbocycles. The molecule has 0 saturated heterocycles. The van der Waals surface area contributed by atoms with Crippen LogP contribution < -0.4 is 0 Å². The van der Waals surface area contributed by atoms with Crippen LogP contribution in [0.4, 0.5) is 0 Å². The average molecular weight is 792 g/mol. The SMILES string of the molecule is CC(C)(C)c1cc(-c2[c-]cccc2)nc(-n2c3ccccc3c3c(C(C)(C)C)c4c5ccccc5n(-c5[c-]cccc5)c4nc32)c1.[Pt+2]. The van der Waals surface area contributed by atoms with E-state index in [0.29, 0.717) is 0 Å². The second kappa shape index (κ2) is 11.3. The summed E-state index contributed by atoms with van der Waals surface area (Å²) in [6.45, 7) is 13.7. The van der Waals surface area contributed by atoms with Crippen LogP contribution in [0.2, 0.25) is 0 Å². The van der Waals surface area contributed by atoms with Gasteiger partial charge in [0.1, 0.15) is 17.1 Å². The van der Waals surface area contributed by atoms with E-state index in [2.05, 4.69) is 142 Å². The van der Waals surface area contributed by atoms with Crippen LogP contribution in [-0.4, -0.2) is 19.1 Å². The Bertz CT molecular complexity index is 2420. The van der Waals surface area contributed by atoms with Gasteiger partial charge >= 0.3 is 21.1 Å². The van der Waals surface area contributed by atoms with Crippen LogP contribution in [0.25, 0.3) is 66.6 Å². The van der Waals surface area contributed by atoms with Crippen LogP contribution in [0.3, 0.4) is 0 Å². The number of aromatic nitrogens is 4. The molecule has 0 atom stereocenters. The number of para-hydroxylation sites is 3. The van der Waals surface area contributed by atoms with E-state index in [-0.39, 0.29) is 31.9 Å². The number of fused-ring (bicyclic) bond motifs is 6. The molecule has 0 fully saturated rings. The molecular weight excluding hydrogens is 756 g/mol. The largest absolute Gasteiger partial charge is 2.00 e. The van der Waals surface area contributed by atoms with Gasteiger partial charge in [0, 0.05) is 21.5 Å². The molecule has 0 N–H and O–H groups in total. The Hall–Kier alpha value is -4.53. The number of hydrogen-bond donors (Lipinski definition) is 0. The smallest absolute Gasteiger partial charge is 0.318 e. The van der Waals surface area contributed by atoms with E-state index >= 15 is 0 Å². The minimum atomic E-state index is -0.186. The van der Waals surface area contributed by atoms with E-state index in [1.54, 1.807) is 0 Å². The van der Waals surface area contributed by atoms with Gasteiger partial charge in [0.25, 0.3) is 0 Å². The molecule has 0 bridgehead atoms. The quantitative estimate of drug-likeness (QED) is 0.167. The van der Waals surface area contributed by atoms with E-state index in [0.717, 1.165) is 45.1 Å². The van der Waals surface area contributed by atoms with Crippen LogP contribution in [0, 0.1) is 12.1 Å². The van der Waals surface area contributed by atoms with Gasteiger partial charge in [-0.3, -0.25) is 9.55 Å². The van der Waals surface area contributed by atoms with E-state index in [4.69, 9.17) is 9.97 Å². The summed E-state index contributed by atoms with van der Waals surface area (Å²) in [5, 5.41) is 4.73. The van der Waals surface area contributed by atoms with Gasteiger partial charge in [-0.1, -0.05) is 89.7 Å². The van der Waals surface area contributed by atoms with Crippen LogP contribution in [-0.2, 0) is 31.9 Å². The van der Waals surface area contributed by atoms with Gasteiger partial charge in [0.2, 0.25) is 0 Å². The topological polar surface area (TPSA) is 35.6 Å². The molecule has 4 heterocycles. The van der Waals surface area contributed by atoms with Crippen molar-refractivity contribution >= 4 is 43.9 Å². The molecule has 4 aromatic carbocycles. The van der Waals surface area contributed by atoms with Crippen LogP contribution in [0.15, 0.2) is 109 Å². The first-order valence-electron chi connectivity index (χ1n) is 16.0. The molecular formula is C42H36N4Pt. The van der Waals surface area contributed by atoms with Crippen molar-refractivity contribution in [3.8, 4) is 22.8 Å². The zero-order valence-corrected chi connectivity index (χ0v) is 29.8. The molecule has 0 unspecified atom stereocenters. The maximum atomic E-state index is 5.63. The number of benzene rings is 4. The minimum absolute atomic E-state index is 0. The molecule has 0 amide bonds. The second-order valence-electron chi connectivity index (χ2n) is 14.2. The van der Waals surface area contributed by atoms with Crippen LogP contribution in [0.5, 0.6) is 0 Å². The summed E-state index contributed by atoms with van der Waals surface area (Å²) in [5.41, 5.74) is 9.11. The molecule has 5 heteroatoms. The van der Waals surface area contributed by atoms with Crippen molar-refractivity contribution in [3.63, 3.8) is 0 Å². The number of rotatable bonds is 3. The maximum absolute atomic E-state index is 5.63. The van der Waals surface area contributed by atoms with Gasteiger partial charge in [-0.05, 0) is 45.8 Å². The van der Waals surface area contributed by atoms with Gasteiger partial charge in [0.05, 0.1) is 11.0 Å². The Morgan fingerprint density at radius 3 is 1.72 bits per heavy atom. The van der Waals surface area contributed by atoms with Crippen molar-refractivity contribution in [1.82, 2.24) is 19.1 Å². The third kappa shape index (κ3) is 5.02. The zero-order chi connectivity index (χ0) is 31.8. The summed E-state index contributed by atoms with van der Waals surface area (Å²) in [6.07, 6.45) is 0. The Kier molecular flexibility index (Phi) is 7.48. The Labute approximate surface area is 290 Å². The fraction of sp³-hybridized carbons (Fsp3) is 0.190. The number of hydrogen-bond acceptors (Lipinski definition) is 2. The molecule has 4 aromatic heterocycles. The minimum Gasteiger partial charge on any atom is -0.318 e. The van der Waals surface area contributed by atoms with Gasteiger partial charge in [-0.2, -0.15) is 24.3 Å². The number of pyridine rings is 2. The molecule has 0 spiro atoms. The molecule has 4 nitrogen and oxygen atoms in total. The van der Waals surface area contributed by atoms with Crippen molar-refractivity contribution < 1.29 is 21.1 Å². The molecule has 47 heavy (non-hydrogen) atoms. The molecule has 8 rings (SSSR count). The van der Waals surface area contributed by atoms with Crippen molar-refractivity contribution in [2.24, 2.45) is 0 Å². The summed E-state index contributed by atoms with van der Waals surface area (Å²) in [6, 6.07) is 44.9. The van der Waals surface area contributed by atoms with Crippen LogP contribution >= 0.6 is 0 Å². The second-order valence-corrected chi connectivity index (χ2v) is 14.2. The molecule has 234 valence electrons. The molecule has 0 radical (unpaired) electrons. The van der Waals surface area contributed by atoms with Gasteiger partial charge in [-0.15, -0.1) is 42.0 Å². The Morgan fingerprint density at radius 2 is 1.15 bits per heavy atom. The predicted molar refractivity (Wildman–Crippen MR) is 191 cm³/mol. The third-order valence-corrected chi connectivity index (χ3v) is 8.99. The first-order valence-corrected chi connectivity index (χ1v) is 16.0. The number of nitrogens with zero attached hydrogens (tertiary/aromatic N) is 4. The molecule has 8 aromatic rings. The zero-order valence-electron chi connectivity index (χ0n) is 27.5. The normalized spacial score (nSPS) is 12.3. The summed E-state index contributed by atoms with van der Waals surface area (Å²) >= 11 is 0. The Balaban J connectivity index is 0.00000351. The first-order chi connectivity index (χ1) is 22.1. The molecule has 0 aliphatic carbocycles. The van der Waals surface area contributed by atoms with Gasteiger partial charge in [0.15, 0.2) is 0 Å². The predicted octanol–water partition coefficient (Wildman–Crippen LogP) is 10.5. The summed E-state index contributed by atoms with van der Waals surface area (Å²) in [7, 11) is 0. The summed E-state index contributed by atoms with van der Waals surface area (Å²) in [5.74, 6) is 0.853. The molecule has 0 aliphatic heterocycles.